The molecular weight excluding hydrogens is 253 g/mol. The predicted octanol–water partition coefficient (Wildman–Crippen LogP) is -1.58. The SMILES string of the molecule is CC(C)(CNC(=O)OC(C)(C)C)CS(=O)[O-].[Na+]. The Hall–Kier alpha value is 0.380. The second-order valence-corrected chi connectivity index (χ2v) is 6.36. The van der Waals surface area contributed by atoms with Crippen molar-refractivity contribution in [2.24, 2.45) is 5.41 Å². The van der Waals surface area contributed by atoms with Crippen molar-refractivity contribution in [3.05, 3.63) is 0 Å². The minimum absolute atomic E-state index is 0. The number of carbonyl (C=O) groups excluding carboxylic acids is 1. The molecule has 1 unspecified atom stereocenters. The van der Waals surface area contributed by atoms with Crippen molar-refractivity contribution in [2.45, 2.75) is 40.2 Å². The van der Waals surface area contributed by atoms with Crippen molar-refractivity contribution < 1.29 is 47.9 Å². The number of nitrogens with one attached hydrogen (secondary N) is 1. The van der Waals surface area contributed by atoms with Gasteiger partial charge in [-0.2, -0.15) is 0 Å². The molecule has 0 spiro atoms. The molecule has 1 amide bonds. The molecule has 0 radical (unpaired) electrons. The van der Waals surface area contributed by atoms with Gasteiger partial charge in [-0.25, -0.2) is 4.79 Å². The number of alkyl carbamates (subject to hydrolysis) is 1. The molecule has 0 fully saturated rings. The van der Waals surface area contributed by atoms with Gasteiger partial charge in [0, 0.05) is 12.3 Å². The number of rotatable bonds is 4. The molecule has 0 aliphatic heterocycles. The summed E-state index contributed by atoms with van der Waals surface area (Å²) in [4.78, 5) is 11.3. The van der Waals surface area contributed by atoms with Gasteiger partial charge in [0.05, 0.1) is 0 Å². The summed E-state index contributed by atoms with van der Waals surface area (Å²) < 4.78 is 26.1. The van der Waals surface area contributed by atoms with Crippen molar-refractivity contribution in [2.75, 3.05) is 12.3 Å². The van der Waals surface area contributed by atoms with E-state index in [1.165, 1.54) is 0 Å². The van der Waals surface area contributed by atoms with Gasteiger partial charge in [0.15, 0.2) is 0 Å². The number of carbonyl (C=O) groups is 1. The number of amides is 1. The molecular formula is C10H20NNaO4S. The van der Waals surface area contributed by atoms with Crippen LogP contribution in [0.15, 0.2) is 0 Å². The Morgan fingerprint density at radius 1 is 1.29 bits per heavy atom. The Balaban J connectivity index is 0. The first-order valence-electron chi connectivity index (χ1n) is 5.05. The molecule has 0 aliphatic rings. The summed E-state index contributed by atoms with van der Waals surface area (Å²) in [7, 11) is 0. The second kappa shape index (κ2) is 7.74. The van der Waals surface area contributed by atoms with Gasteiger partial charge in [0.1, 0.15) is 5.60 Å². The van der Waals surface area contributed by atoms with Crippen molar-refractivity contribution in [3.8, 4) is 0 Å². The molecule has 1 atom stereocenters. The summed E-state index contributed by atoms with van der Waals surface area (Å²) in [5.74, 6) is 0.00278. The van der Waals surface area contributed by atoms with Gasteiger partial charge in [-0.3, -0.25) is 4.21 Å². The maximum atomic E-state index is 11.3. The van der Waals surface area contributed by atoms with Crippen LogP contribution in [0.5, 0.6) is 0 Å². The third-order valence-electron chi connectivity index (χ3n) is 1.62. The molecule has 0 aromatic heterocycles. The first-order chi connectivity index (χ1) is 7.02. The molecule has 17 heavy (non-hydrogen) atoms. The Kier molecular flexibility index (Phi) is 8.97. The van der Waals surface area contributed by atoms with Crippen molar-refractivity contribution in [1.29, 1.82) is 0 Å². The van der Waals surface area contributed by atoms with Crippen LogP contribution in [0.2, 0.25) is 0 Å². The summed E-state index contributed by atoms with van der Waals surface area (Å²) in [5.41, 5.74) is -1.04. The molecule has 0 saturated heterocycles. The fourth-order valence-corrected chi connectivity index (χ4v) is 1.74. The quantitative estimate of drug-likeness (QED) is 0.495. The van der Waals surface area contributed by atoms with Crippen molar-refractivity contribution in [3.63, 3.8) is 0 Å². The summed E-state index contributed by atoms with van der Waals surface area (Å²) in [6.45, 7) is 9.09. The topological polar surface area (TPSA) is 78.5 Å². The number of hydrogen-bond acceptors (Lipinski definition) is 4. The largest absolute Gasteiger partial charge is 1.00 e. The maximum Gasteiger partial charge on any atom is 1.00 e. The Morgan fingerprint density at radius 3 is 2.12 bits per heavy atom. The van der Waals surface area contributed by atoms with Crippen LogP contribution in [0.3, 0.4) is 0 Å². The van der Waals surface area contributed by atoms with Crippen LogP contribution in [-0.2, 0) is 15.8 Å². The normalized spacial score (nSPS) is 13.5. The average molecular weight is 273 g/mol. The predicted molar refractivity (Wildman–Crippen MR) is 61.8 cm³/mol. The van der Waals surface area contributed by atoms with Crippen LogP contribution >= 0.6 is 0 Å². The van der Waals surface area contributed by atoms with E-state index in [-0.39, 0.29) is 41.9 Å². The maximum absolute atomic E-state index is 11.3. The first kappa shape index (κ1) is 19.7. The van der Waals surface area contributed by atoms with Gasteiger partial charge in [-0.05, 0) is 26.2 Å². The molecule has 0 bridgehead atoms. The van der Waals surface area contributed by atoms with E-state index in [1.54, 1.807) is 34.6 Å². The molecule has 0 saturated carbocycles. The van der Waals surface area contributed by atoms with Crippen LogP contribution in [0.25, 0.3) is 0 Å². The molecule has 7 heteroatoms. The van der Waals surface area contributed by atoms with Crippen LogP contribution in [-0.4, -0.2) is 32.8 Å². The summed E-state index contributed by atoms with van der Waals surface area (Å²) in [5, 5.41) is 2.55. The van der Waals surface area contributed by atoms with E-state index in [4.69, 9.17) is 4.74 Å². The Labute approximate surface area is 128 Å². The fraction of sp³-hybridized carbons (Fsp3) is 0.900. The zero-order valence-corrected chi connectivity index (χ0v) is 14.3. The van der Waals surface area contributed by atoms with Crippen molar-refractivity contribution >= 4 is 17.2 Å². The molecule has 0 aromatic carbocycles. The van der Waals surface area contributed by atoms with E-state index in [1.807, 2.05) is 0 Å². The third-order valence-corrected chi connectivity index (χ3v) is 2.64. The van der Waals surface area contributed by atoms with Crippen LogP contribution in [0.4, 0.5) is 4.79 Å². The van der Waals surface area contributed by atoms with Crippen LogP contribution < -0.4 is 34.9 Å². The summed E-state index contributed by atoms with van der Waals surface area (Å²) >= 11 is -2.11. The zero-order chi connectivity index (χ0) is 13.0. The van der Waals surface area contributed by atoms with Crippen LogP contribution in [0, 0.1) is 5.41 Å². The summed E-state index contributed by atoms with van der Waals surface area (Å²) in [6.07, 6.45) is -0.530. The Bertz CT molecular complexity index is 276. The second-order valence-electron chi connectivity index (χ2n) is 5.47. The van der Waals surface area contributed by atoms with E-state index in [2.05, 4.69) is 5.32 Å². The van der Waals surface area contributed by atoms with Gasteiger partial charge >= 0.3 is 35.7 Å². The third kappa shape index (κ3) is 12.6. The van der Waals surface area contributed by atoms with E-state index in [0.29, 0.717) is 0 Å². The van der Waals surface area contributed by atoms with Gasteiger partial charge in [-0.1, -0.05) is 24.9 Å². The molecule has 5 nitrogen and oxygen atoms in total. The standard InChI is InChI=1S/C10H21NO4S.Na/c1-9(2,3)15-8(12)11-6-10(4,5)7-16(13)14;/h6-7H2,1-5H3,(H,11,12)(H,13,14);/q;+1/p-1. The fourth-order valence-electron chi connectivity index (χ4n) is 0.996. The monoisotopic (exact) mass is 273 g/mol. The van der Waals surface area contributed by atoms with Gasteiger partial charge in [-0.15, -0.1) is 0 Å². The number of ether oxygens (including phenoxy) is 1. The minimum atomic E-state index is -2.11. The molecule has 0 aliphatic carbocycles. The molecule has 0 heterocycles. The average Bonchev–Trinajstić information content (AvgIpc) is 1.95. The summed E-state index contributed by atoms with van der Waals surface area (Å²) in [6, 6.07) is 0. The smallest absolute Gasteiger partial charge is 0.772 e. The van der Waals surface area contributed by atoms with E-state index in [9.17, 15) is 13.6 Å². The number of hydrogen-bond donors (Lipinski definition) is 1. The Morgan fingerprint density at radius 2 is 1.76 bits per heavy atom. The molecule has 96 valence electrons. The molecule has 0 rings (SSSR count). The van der Waals surface area contributed by atoms with E-state index in [0.717, 1.165) is 0 Å². The molecule has 1 N–H and O–H groups in total. The van der Waals surface area contributed by atoms with E-state index < -0.39 is 28.2 Å². The van der Waals surface area contributed by atoms with E-state index >= 15 is 0 Å². The molecule has 0 aromatic rings. The first-order valence-corrected chi connectivity index (χ1v) is 6.29. The van der Waals surface area contributed by atoms with Crippen LogP contribution in [0.1, 0.15) is 34.6 Å². The minimum Gasteiger partial charge on any atom is -0.772 e. The van der Waals surface area contributed by atoms with Gasteiger partial charge in [0.25, 0.3) is 0 Å². The van der Waals surface area contributed by atoms with Gasteiger partial charge < -0.3 is 14.6 Å². The zero-order valence-electron chi connectivity index (χ0n) is 11.5. The van der Waals surface area contributed by atoms with Gasteiger partial charge in [0.2, 0.25) is 0 Å². The van der Waals surface area contributed by atoms with Crippen molar-refractivity contribution in [1.82, 2.24) is 5.32 Å².